The molecule has 54 valence electrons. The summed E-state index contributed by atoms with van der Waals surface area (Å²) in [6.45, 7) is 0. The lowest BCUT2D eigenvalue weighted by Gasteiger charge is -1.87. The third kappa shape index (κ3) is 2.45. The van der Waals surface area contributed by atoms with Crippen molar-refractivity contribution < 1.29 is 4.79 Å². The Morgan fingerprint density at radius 2 is 2.70 bits per heavy atom. The predicted octanol–water partition coefficient (Wildman–Crippen LogP) is 1.22. The fraction of sp³-hybridized carbons (Fsp3) is 0.400. The molecule has 0 aliphatic rings. The third-order valence-corrected chi connectivity index (χ3v) is 2.69. The average Bonchev–Trinajstić information content (AvgIpc) is 2.41. The molecule has 0 spiro atoms. The van der Waals surface area contributed by atoms with Gasteiger partial charge in [0.1, 0.15) is 11.8 Å². The monoisotopic (exact) mass is 174 g/mol. The Labute approximate surface area is 66.9 Å². The maximum atomic E-state index is 9.89. The lowest BCUT2D eigenvalue weighted by molar-refractivity contribution is -0.107. The zero-order valence-electron chi connectivity index (χ0n) is 5.19. The number of rotatable bonds is 4. The molecule has 0 aliphatic heterocycles. The molecule has 0 N–H and O–H groups in total. The second kappa shape index (κ2) is 4.40. The van der Waals surface area contributed by atoms with Gasteiger partial charge in [0, 0.05) is 12.2 Å². The average molecular weight is 174 g/mol. The van der Waals surface area contributed by atoms with E-state index in [0.717, 1.165) is 16.4 Å². The molecule has 0 amide bonds. The van der Waals surface area contributed by atoms with Crippen molar-refractivity contribution in [3.8, 4) is 0 Å². The molecule has 0 atom stereocenters. The van der Waals surface area contributed by atoms with Crippen LogP contribution in [0.2, 0.25) is 0 Å². The Morgan fingerprint density at radius 1 is 1.80 bits per heavy atom. The van der Waals surface area contributed by atoms with E-state index in [0.29, 0.717) is 6.42 Å². The Morgan fingerprint density at radius 3 is 3.30 bits per heavy atom. The number of hydrogen-bond acceptors (Lipinski definition) is 5. The fourth-order valence-electron chi connectivity index (χ4n) is 0.420. The highest BCUT2D eigenvalue weighted by atomic mass is 32.2. The van der Waals surface area contributed by atoms with E-state index in [1.54, 1.807) is 17.3 Å². The van der Waals surface area contributed by atoms with Gasteiger partial charge < -0.3 is 4.79 Å². The van der Waals surface area contributed by atoms with Crippen LogP contribution in [0.4, 0.5) is 0 Å². The first-order valence-corrected chi connectivity index (χ1v) is 4.62. The van der Waals surface area contributed by atoms with E-state index in [1.807, 2.05) is 0 Å². The highest BCUT2D eigenvalue weighted by Crippen LogP contribution is 2.18. The van der Waals surface area contributed by atoms with E-state index in [1.165, 1.54) is 11.3 Å². The number of carbonyl (C=O) groups is 1. The van der Waals surface area contributed by atoms with Gasteiger partial charge in [0.05, 0.1) is 0 Å². The smallest absolute Gasteiger partial charge is 0.174 e. The van der Waals surface area contributed by atoms with Gasteiger partial charge in [0.2, 0.25) is 0 Å². The summed E-state index contributed by atoms with van der Waals surface area (Å²) < 4.78 is 0.932. The Balaban J connectivity index is 2.21. The minimum Gasteiger partial charge on any atom is -0.303 e. The number of aromatic nitrogens is 2. The molecular formula is C5H6N2OS2. The number of carbonyl (C=O) groups excluding carboxylic acids is 1. The normalized spacial score (nSPS) is 9.60. The molecule has 10 heavy (non-hydrogen) atoms. The fourth-order valence-corrected chi connectivity index (χ4v) is 1.84. The van der Waals surface area contributed by atoms with Gasteiger partial charge in [0.25, 0.3) is 0 Å². The van der Waals surface area contributed by atoms with Crippen molar-refractivity contribution >= 4 is 29.4 Å². The van der Waals surface area contributed by atoms with Crippen LogP contribution in [0, 0.1) is 0 Å². The van der Waals surface area contributed by atoms with Crippen LogP contribution < -0.4 is 0 Å². The zero-order valence-corrected chi connectivity index (χ0v) is 6.82. The van der Waals surface area contributed by atoms with Crippen molar-refractivity contribution in [2.75, 3.05) is 5.75 Å². The number of nitrogens with zero attached hydrogens (tertiary/aromatic N) is 2. The SMILES string of the molecule is O=CCCSc1nncs1. The molecule has 3 nitrogen and oxygen atoms in total. The maximum Gasteiger partial charge on any atom is 0.174 e. The standard InChI is InChI=1S/C5H6N2OS2/c8-2-1-3-9-5-7-6-4-10-5/h2,4H,1,3H2. The van der Waals surface area contributed by atoms with Crippen LogP contribution in [-0.2, 0) is 4.79 Å². The Bertz CT molecular complexity index is 188. The molecule has 0 bridgehead atoms. The van der Waals surface area contributed by atoms with Crippen LogP contribution in [0.5, 0.6) is 0 Å². The molecule has 1 aromatic heterocycles. The summed E-state index contributed by atoms with van der Waals surface area (Å²) in [6, 6.07) is 0. The minimum absolute atomic E-state index is 0.588. The summed E-state index contributed by atoms with van der Waals surface area (Å²) >= 11 is 3.06. The van der Waals surface area contributed by atoms with E-state index in [9.17, 15) is 4.79 Å². The van der Waals surface area contributed by atoms with Crippen LogP contribution in [-0.4, -0.2) is 22.2 Å². The molecule has 1 aromatic rings. The lowest BCUT2D eigenvalue weighted by atomic mass is 10.6. The van der Waals surface area contributed by atoms with Crippen LogP contribution in [0.3, 0.4) is 0 Å². The molecule has 0 saturated carbocycles. The molecule has 1 rings (SSSR count). The number of hydrogen-bond donors (Lipinski definition) is 0. The molecule has 0 unspecified atom stereocenters. The maximum absolute atomic E-state index is 9.89. The summed E-state index contributed by atoms with van der Waals surface area (Å²) in [5, 5.41) is 7.46. The molecule has 5 heteroatoms. The summed E-state index contributed by atoms with van der Waals surface area (Å²) in [5.74, 6) is 0.804. The molecule has 1 heterocycles. The van der Waals surface area contributed by atoms with Crippen molar-refractivity contribution in [3.63, 3.8) is 0 Å². The van der Waals surface area contributed by atoms with E-state index in [2.05, 4.69) is 10.2 Å². The summed E-state index contributed by atoms with van der Waals surface area (Å²) in [7, 11) is 0. The second-order valence-corrected chi connectivity index (χ2v) is 3.68. The quantitative estimate of drug-likeness (QED) is 0.391. The van der Waals surface area contributed by atoms with Gasteiger partial charge in [-0.15, -0.1) is 10.2 Å². The van der Waals surface area contributed by atoms with E-state index < -0.39 is 0 Å². The molecule has 0 saturated heterocycles. The number of thioether (sulfide) groups is 1. The summed E-state index contributed by atoms with van der Waals surface area (Å²) in [5.41, 5.74) is 1.68. The Kier molecular flexibility index (Phi) is 3.38. The van der Waals surface area contributed by atoms with Gasteiger partial charge in [-0.05, 0) is 0 Å². The molecule has 0 fully saturated rings. The van der Waals surface area contributed by atoms with E-state index >= 15 is 0 Å². The predicted molar refractivity (Wildman–Crippen MR) is 41.3 cm³/mol. The van der Waals surface area contributed by atoms with Crippen molar-refractivity contribution in [1.82, 2.24) is 10.2 Å². The third-order valence-electron chi connectivity index (χ3n) is 0.801. The van der Waals surface area contributed by atoms with Gasteiger partial charge in [-0.1, -0.05) is 23.1 Å². The Hall–Kier alpha value is -0.420. The van der Waals surface area contributed by atoms with Crippen molar-refractivity contribution in [3.05, 3.63) is 5.51 Å². The van der Waals surface area contributed by atoms with Crippen LogP contribution in [0.1, 0.15) is 6.42 Å². The minimum atomic E-state index is 0.588. The highest BCUT2D eigenvalue weighted by molar-refractivity contribution is 8.01. The van der Waals surface area contributed by atoms with Crippen LogP contribution in [0.15, 0.2) is 9.85 Å². The van der Waals surface area contributed by atoms with Crippen molar-refractivity contribution in [1.29, 1.82) is 0 Å². The summed E-state index contributed by atoms with van der Waals surface area (Å²) in [4.78, 5) is 9.89. The largest absolute Gasteiger partial charge is 0.303 e. The van der Waals surface area contributed by atoms with Gasteiger partial charge in [0.15, 0.2) is 4.34 Å². The van der Waals surface area contributed by atoms with Gasteiger partial charge in [-0.3, -0.25) is 0 Å². The van der Waals surface area contributed by atoms with Crippen LogP contribution in [0.25, 0.3) is 0 Å². The molecule has 0 aliphatic carbocycles. The van der Waals surface area contributed by atoms with E-state index in [4.69, 9.17) is 0 Å². The first-order valence-electron chi connectivity index (χ1n) is 2.76. The number of aldehydes is 1. The first-order chi connectivity index (χ1) is 4.93. The van der Waals surface area contributed by atoms with Crippen molar-refractivity contribution in [2.24, 2.45) is 0 Å². The molecule has 0 aromatic carbocycles. The van der Waals surface area contributed by atoms with Crippen molar-refractivity contribution in [2.45, 2.75) is 10.8 Å². The van der Waals surface area contributed by atoms with Crippen LogP contribution >= 0.6 is 23.1 Å². The summed E-state index contributed by atoms with van der Waals surface area (Å²) in [6.07, 6.45) is 1.50. The lowest BCUT2D eigenvalue weighted by Crippen LogP contribution is -1.79. The van der Waals surface area contributed by atoms with Gasteiger partial charge in [-0.2, -0.15) is 0 Å². The second-order valence-electron chi connectivity index (χ2n) is 1.51. The highest BCUT2D eigenvalue weighted by Gasteiger charge is 1.94. The van der Waals surface area contributed by atoms with E-state index in [-0.39, 0.29) is 0 Å². The zero-order chi connectivity index (χ0) is 7.23. The van der Waals surface area contributed by atoms with Gasteiger partial charge >= 0.3 is 0 Å². The topological polar surface area (TPSA) is 42.9 Å². The molecular weight excluding hydrogens is 168 g/mol. The first kappa shape index (κ1) is 7.68. The molecule has 0 radical (unpaired) electrons. The van der Waals surface area contributed by atoms with Gasteiger partial charge in [-0.25, -0.2) is 0 Å².